The van der Waals surface area contributed by atoms with Crippen LogP contribution in [0.5, 0.6) is 0 Å². The summed E-state index contributed by atoms with van der Waals surface area (Å²) in [4.78, 5) is 0. The smallest absolute Gasteiger partial charge is 0.0441 e. The quantitative estimate of drug-likeness (QED) is 0.680. The van der Waals surface area contributed by atoms with Gasteiger partial charge in [0.05, 0.1) is 0 Å². The maximum Gasteiger partial charge on any atom is 0.0441 e. The van der Waals surface area contributed by atoms with E-state index in [0.717, 1.165) is 18.2 Å². The molecule has 0 aliphatic carbocycles. The van der Waals surface area contributed by atoms with Crippen molar-refractivity contribution in [1.82, 2.24) is 0 Å². The fraction of sp³-hybridized carbons (Fsp3) is 0.571. The number of rotatable bonds is 7. The minimum absolute atomic E-state index is 0.682. The molecule has 0 spiro atoms. The molecular formula is C14H21Cl2N. The van der Waals surface area contributed by atoms with Crippen LogP contribution in [0.25, 0.3) is 0 Å². The number of anilines is 1. The van der Waals surface area contributed by atoms with E-state index in [1.807, 2.05) is 12.1 Å². The van der Waals surface area contributed by atoms with Crippen molar-refractivity contribution in [3.05, 3.63) is 28.2 Å². The normalized spacial score (nSPS) is 12.5. The van der Waals surface area contributed by atoms with Crippen LogP contribution in [0.2, 0.25) is 10.0 Å². The van der Waals surface area contributed by atoms with E-state index in [-0.39, 0.29) is 0 Å². The molecule has 0 radical (unpaired) electrons. The molecule has 0 aliphatic rings. The number of halogens is 2. The van der Waals surface area contributed by atoms with Gasteiger partial charge in [-0.1, -0.05) is 56.3 Å². The zero-order valence-corrected chi connectivity index (χ0v) is 12.1. The number of hydrogen-bond donors (Lipinski definition) is 1. The van der Waals surface area contributed by atoms with Crippen molar-refractivity contribution in [3.63, 3.8) is 0 Å². The lowest BCUT2D eigenvalue weighted by Gasteiger charge is -2.16. The van der Waals surface area contributed by atoms with Crippen LogP contribution in [0.4, 0.5) is 5.69 Å². The van der Waals surface area contributed by atoms with E-state index in [4.69, 9.17) is 23.2 Å². The Morgan fingerprint density at radius 1 is 1.12 bits per heavy atom. The van der Waals surface area contributed by atoms with Crippen LogP contribution in [0.15, 0.2) is 18.2 Å². The molecule has 0 saturated heterocycles. The summed E-state index contributed by atoms with van der Waals surface area (Å²) in [5.41, 5.74) is 1.01. The molecule has 0 saturated carbocycles. The highest BCUT2D eigenvalue weighted by Crippen LogP contribution is 2.23. The second-order valence-electron chi connectivity index (χ2n) is 4.46. The first-order chi connectivity index (χ1) is 8.15. The van der Waals surface area contributed by atoms with Crippen LogP contribution in [0.1, 0.15) is 39.5 Å². The third-order valence-corrected chi connectivity index (χ3v) is 3.44. The van der Waals surface area contributed by atoms with Gasteiger partial charge in [0.25, 0.3) is 0 Å². The fourth-order valence-electron chi connectivity index (χ4n) is 1.86. The number of hydrogen-bond acceptors (Lipinski definition) is 1. The maximum atomic E-state index is 5.96. The topological polar surface area (TPSA) is 12.0 Å². The van der Waals surface area contributed by atoms with Gasteiger partial charge in [-0.05, 0) is 30.5 Å². The van der Waals surface area contributed by atoms with E-state index in [9.17, 15) is 0 Å². The van der Waals surface area contributed by atoms with Gasteiger partial charge in [-0.3, -0.25) is 0 Å². The van der Waals surface area contributed by atoms with E-state index in [0.29, 0.717) is 10.0 Å². The lowest BCUT2D eigenvalue weighted by Crippen LogP contribution is -2.13. The van der Waals surface area contributed by atoms with Gasteiger partial charge in [0.2, 0.25) is 0 Å². The van der Waals surface area contributed by atoms with Gasteiger partial charge >= 0.3 is 0 Å². The minimum atomic E-state index is 0.682. The first kappa shape index (κ1) is 14.7. The zero-order chi connectivity index (χ0) is 12.7. The highest BCUT2D eigenvalue weighted by molar-refractivity contribution is 6.35. The molecule has 0 fully saturated rings. The molecule has 0 aliphatic heterocycles. The predicted octanol–water partition coefficient (Wildman–Crippen LogP) is 5.62. The van der Waals surface area contributed by atoms with Crippen LogP contribution in [-0.4, -0.2) is 6.54 Å². The molecule has 1 rings (SSSR count). The van der Waals surface area contributed by atoms with E-state index >= 15 is 0 Å². The summed E-state index contributed by atoms with van der Waals surface area (Å²) in [5, 5.41) is 4.78. The Bertz CT molecular complexity index is 319. The molecule has 0 bridgehead atoms. The fourth-order valence-corrected chi connectivity index (χ4v) is 2.39. The van der Waals surface area contributed by atoms with Gasteiger partial charge in [0, 0.05) is 22.3 Å². The summed E-state index contributed by atoms with van der Waals surface area (Å²) in [5.74, 6) is 0.729. The highest BCUT2D eigenvalue weighted by Gasteiger charge is 2.06. The Labute approximate surface area is 115 Å². The largest absolute Gasteiger partial charge is 0.385 e. The van der Waals surface area contributed by atoms with Gasteiger partial charge in [-0.25, -0.2) is 0 Å². The van der Waals surface area contributed by atoms with E-state index in [1.54, 1.807) is 6.07 Å². The monoisotopic (exact) mass is 273 g/mol. The molecule has 1 unspecified atom stereocenters. The molecule has 1 N–H and O–H groups in total. The van der Waals surface area contributed by atoms with Gasteiger partial charge in [-0.2, -0.15) is 0 Å². The summed E-state index contributed by atoms with van der Waals surface area (Å²) in [6.07, 6.45) is 5.06. The summed E-state index contributed by atoms with van der Waals surface area (Å²) < 4.78 is 0. The zero-order valence-electron chi connectivity index (χ0n) is 10.6. The molecule has 96 valence electrons. The molecule has 17 heavy (non-hydrogen) atoms. The Kier molecular flexibility index (Phi) is 6.76. The average Bonchev–Trinajstić information content (AvgIpc) is 2.28. The summed E-state index contributed by atoms with van der Waals surface area (Å²) >= 11 is 11.9. The maximum absolute atomic E-state index is 5.96. The molecule has 0 heterocycles. The Morgan fingerprint density at radius 3 is 2.29 bits per heavy atom. The van der Waals surface area contributed by atoms with Crippen LogP contribution < -0.4 is 5.32 Å². The first-order valence-electron chi connectivity index (χ1n) is 6.35. The molecule has 1 aromatic carbocycles. The summed E-state index contributed by atoms with van der Waals surface area (Å²) in [6.45, 7) is 5.47. The average molecular weight is 274 g/mol. The minimum Gasteiger partial charge on any atom is -0.385 e. The van der Waals surface area contributed by atoms with Crippen LogP contribution in [-0.2, 0) is 0 Å². The predicted molar refractivity (Wildman–Crippen MR) is 78.3 cm³/mol. The third kappa shape index (κ3) is 5.65. The van der Waals surface area contributed by atoms with Crippen molar-refractivity contribution in [3.8, 4) is 0 Å². The number of nitrogens with one attached hydrogen (secondary N) is 1. The van der Waals surface area contributed by atoms with Gasteiger partial charge < -0.3 is 5.32 Å². The van der Waals surface area contributed by atoms with Gasteiger partial charge in [0.15, 0.2) is 0 Å². The van der Waals surface area contributed by atoms with Crippen LogP contribution in [0.3, 0.4) is 0 Å². The number of unbranched alkanes of at least 4 members (excludes halogenated alkanes) is 1. The van der Waals surface area contributed by atoms with Crippen molar-refractivity contribution in [2.75, 3.05) is 11.9 Å². The van der Waals surface area contributed by atoms with Crippen molar-refractivity contribution in [1.29, 1.82) is 0 Å². The second-order valence-corrected chi connectivity index (χ2v) is 5.33. The lowest BCUT2D eigenvalue weighted by molar-refractivity contribution is 0.473. The highest BCUT2D eigenvalue weighted by atomic mass is 35.5. The molecule has 1 nitrogen and oxygen atoms in total. The van der Waals surface area contributed by atoms with Crippen LogP contribution >= 0.6 is 23.2 Å². The molecule has 1 aromatic rings. The molecular weight excluding hydrogens is 253 g/mol. The Hall–Kier alpha value is -0.400. The van der Waals surface area contributed by atoms with Gasteiger partial charge in [-0.15, -0.1) is 0 Å². The second kappa shape index (κ2) is 7.84. The first-order valence-corrected chi connectivity index (χ1v) is 7.11. The van der Waals surface area contributed by atoms with Crippen molar-refractivity contribution in [2.45, 2.75) is 39.5 Å². The van der Waals surface area contributed by atoms with E-state index < -0.39 is 0 Å². The SMILES string of the molecule is CCCCC(CC)CNc1cc(Cl)cc(Cl)c1. The van der Waals surface area contributed by atoms with Crippen molar-refractivity contribution >= 4 is 28.9 Å². The third-order valence-electron chi connectivity index (χ3n) is 3.00. The summed E-state index contributed by atoms with van der Waals surface area (Å²) in [7, 11) is 0. The molecule has 3 heteroatoms. The Morgan fingerprint density at radius 2 is 1.76 bits per heavy atom. The van der Waals surface area contributed by atoms with E-state index in [2.05, 4.69) is 19.2 Å². The van der Waals surface area contributed by atoms with Gasteiger partial charge in [0.1, 0.15) is 0 Å². The lowest BCUT2D eigenvalue weighted by atomic mass is 9.99. The van der Waals surface area contributed by atoms with Crippen molar-refractivity contribution in [2.24, 2.45) is 5.92 Å². The summed E-state index contributed by atoms with van der Waals surface area (Å²) in [6, 6.07) is 5.59. The molecule has 0 aromatic heterocycles. The van der Waals surface area contributed by atoms with Crippen molar-refractivity contribution < 1.29 is 0 Å². The molecule has 1 atom stereocenters. The molecule has 0 amide bonds. The van der Waals surface area contributed by atoms with E-state index in [1.165, 1.54) is 25.7 Å². The van der Waals surface area contributed by atoms with Crippen LogP contribution in [0, 0.1) is 5.92 Å². The number of benzene rings is 1. The Balaban J connectivity index is 2.47. The standard InChI is InChI=1S/C14H21Cl2N/c1-3-5-6-11(4-2)10-17-14-8-12(15)7-13(16)9-14/h7-9,11,17H,3-6,10H2,1-2H3.